The normalized spacial score (nSPS) is 16.9. The van der Waals surface area contributed by atoms with E-state index in [1.807, 2.05) is 23.1 Å². The van der Waals surface area contributed by atoms with E-state index in [1.165, 1.54) is 9.08 Å². The number of hydrogen-bond donors (Lipinski definition) is 1. The van der Waals surface area contributed by atoms with Crippen molar-refractivity contribution in [2.75, 3.05) is 19.6 Å². The van der Waals surface area contributed by atoms with E-state index in [9.17, 15) is 9.59 Å². The molecule has 8 nitrogen and oxygen atoms in total. The average molecular weight is 389 g/mol. The highest BCUT2D eigenvalue weighted by molar-refractivity contribution is 5.85. The van der Waals surface area contributed by atoms with Crippen molar-refractivity contribution < 1.29 is 4.79 Å². The summed E-state index contributed by atoms with van der Waals surface area (Å²) in [7, 11) is 0. The van der Waals surface area contributed by atoms with Crippen LogP contribution in [-0.4, -0.2) is 49.6 Å². The summed E-state index contributed by atoms with van der Waals surface area (Å²) in [6.07, 6.45) is 5.44. The molecule has 1 fully saturated rings. The summed E-state index contributed by atoms with van der Waals surface area (Å²) in [5.74, 6) is 0.0179. The van der Waals surface area contributed by atoms with E-state index in [2.05, 4.69) is 15.4 Å². The number of piperazine rings is 1. The van der Waals surface area contributed by atoms with Gasteiger partial charge in [0, 0.05) is 44.6 Å². The first-order chi connectivity index (χ1) is 12.7. The van der Waals surface area contributed by atoms with Crippen LogP contribution in [0, 0.1) is 0 Å². The molecule has 0 bridgehead atoms. The van der Waals surface area contributed by atoms with Gasteiger partial charge in [-0.25, -0.2) is 9.48 Å². The molecule has 1 saturated heterocycles. The Labute approximate surface area is 162 Å². The summed E-state index contributed by atoms with van der Waals surface area (Å²) < 4.78 is 2.84. The number of pyridine rings is 2. The molecule has 0 radical (unpaired) electrons. The molecule has 142 valence electrons. The molecule has 3 aromatic heterocycles. The van der Waals surface area contributed by atoms with Crippen LogP contribution < -0.4 is 11.0 Å². The maximum Gasteiger partial charge on any atom is 0.350 e. The standard InChI is InChI=1S/C18H20N6O2.ClH/c25-17(6-10-24-18(26)23-9-2-1-5-16(23)21-24)22-11-8-20-13-15(22)14-4-3-7-19-12-14;/h1-5,7,9,12,15,20H,6,8,10-11,13H2;1H. The Bertz CT molecular complexity index is 971. The molecule has 1 unspecified atom stereocenters. The van der Waals surface area contributed by atoms with Gasteiger partial charge in [-0.2, -0.15) is 0 Å². The summed E-state index contributed by atoms with van der Waals surface area (Å²) in [5, 5.41) is 7.61. The Balaban J connectivity index is 0.00000210. The SMILES string of the molecule is Cl.O=C(CCn1nc2ccccn2c1=O)N1CCNCC1c1cccnc1. The third-order valence-electron chi connectivity index (χ3n) is 4.66. The molecule has 0 aromatic carbocycles. The number of fused-ring (bicyclic) bond motifs is 1. The Hall–Kier alpha value is -2.71. The first-order valence-electron chi connectivity index (χ1n) is 8.68. The highest BCUT2D eigenvalue weighted by Crippen LogP contribution is 2.22. The van der Waals surface area contributed by atoms with E-state index >= 15 is 0 Å². The molecule has 1 aliphatic rings. The maximum absolute atomic E-state index is 12.8. The number of carbonyl (C=O) groups is 1. The molecular formula is C18H21ClN6O2. The van der Waals surface area contributed by atoms with Crippen molar-refractivity contribution in [2.24, 2.45) is 0 Å². The number of carbonyl (C=O) groups excluding carboxylic acids is 1. The lowest BCUT2D eigenvalue weighted by Gasteiger charge is -2.36. The van der Waals surface area contributed by atoms with Crippen molar-refractivity contribution in [3.05, 3.63) is 65.0 Å². The van der Waals surface area contributed by atoms with Crippen LogP contribution >= 0.6 is 12.4 Å². The second-order valence-electron chi connectivity index (χ2n) is 6.28. The van der Waals surface area contributed by atoms with Crippen LogP contribution in [0.5, 0.6) is 0 Å². The van der Waals surface area contributed by atoms with Crippen molar-refractivity contribution in [2.45, 2.75) is 19.0 Å². The van der Waals surface area contributed by atoms with Gasteiger partial charge < -0.3 is 10.2 Å². The summed E-state index contributed by atoms with van der Waals surface area (Å²) in [4.78, 5) is 31.2. The molecule has 3 aromatic rings. The van der Waals surface area contributed by atoms with Crippen LogP contribution in [0.15, 0.2) is 53.7 Å². The Morgan fingerprint density at radius 1 is 1.26 bits per heavy atom. The minimum Gasteiger partial charge on any atom is -0.333 e. The summed E-state index contributed by atoms with van der Waals surface area (Å²) in [6, 6.07) is 9.21. The van der Waals surface area contributed by atoms with Gasteiger partial charge in [0.05, 0.1) is 12.6 Å². The minimum atomic E-state index is -0.225. The Kier molecular flexibility index (Phi) is 5.88. The fourth-order valence-corrected chi connectivity index (χ4v) is 3.33. The summed E-state index contributed by atoms with van der Waals surface area (Å²) >= 11 is 0. The van der Waals surface area contributed by atoms with Gasteiger partial charge in [-0.05, 0) is 23.8 Å². The molecule has 0 saturated carbocycles. The minimum absolute atomic E-state index is 0. The molecule has 9 heteroatoms. The van der Waals surface area contributed by atoms with Gasteiger partial charge in [0.2, 0.25) is 5.91 Å². The molecule has 0 spiro atoms. The first-order valence-corrected chi connectivity index (χ1v) is 8.68. The van der Waals surface area contributed by atoms with Crippen molar-refractivity contribution >= 4 is 24.0 Å². The largest absolute Gasteiger partial charge is 0.350 e. The molecule has 1 aliphatic heterocycles. The second kappa shape index (κ2) is 8.32. The van der Waals surface area contributed by atoms with Crippen LogP contribution in [0.4, 0.5) is 0 Å². The Morgan fingerprint density at radius 3 is 2.93 bits per heavy atom. The van der Waals surface area contributed by atoms with Gasteiger partial charge in [0.15, 0.2) is 5.65 Å². The number of amides is 1. The van der Waals surface area contributed by atoms with Crippen molar-refractivity contribution in [3.8, 4) is 0 Å². The van der Waals surface area contributed by atoms with Gasteiger partial charge in [-0.15, -0.1) is 17.5 Å². The number of rotatable bonds is 4. The lowest BCUT2D eigenvalue weighted by atomic mass is 10.0. The maximum atomic E-state index is 12.8. The predicted octanol–water partition coefficient (Wildman–Crippen LogP) is 0.876. The first kappa shape index (κ1) is 19.1. The smallest absolute Gasteiger partial charge is 0.333 e. The van der Waals surface area contributed by atoms with E-state index < -0.39 is 0 Å². The van der Waals surface area contributed by atoms with Crippen molar-refractivity contribution in [3.63, 3.8) is 0 Å². The molecule has 1 atom stereocenters. The predicted molar refractivity (Wildman–Crippen MR) is 103 cm³/mol. The van der Waals surface area contributed by atoms with Crippen LogP contribution in [-0.2, 0) is 11.3 Å². The highest BCUT2D eigenvalue weighted by atomic mass is 35.5. The second-order valence-corrected chi connectivity index (χ2v) is 6.28. The zero-order valence-electron chi connectivity index (χ0n) is 14.7. The van der Waals surface area contributed by atoms with E-state index in [1.54, 1.807) is 30.7 Å². The number of hydrogen-bond acceptors (Lipinski definition) is 5. The van der Waals surface area contributed by atoms with Gasteiger partial charge in [0.1, 0.15) is 0 Å². The number of aromatic nitrogens is 4. The third kappa shape index (κ3) is 3.86. The number of nitrogens with zero attached hydrogens (tertiary/aromatic N) is 5. The monoisotopic (exact) mass is 388 g/mol. The van der Waals surface area contributed by atoms with Crippen LogP contribution in [0.1, 0.15) is 18.0 Å². The lowest BCUT2D eigenvalue weighted by molar-refractivity contribution is -0.134. The van der Waals surface area contributed by atoms with Gasteiger partial charge >= 0.3 is 5.69 Å². The topological polar surface area (TPSA) is 84.5 Å². The van der Waals surface area contributed by atoms with Gasteiger partial charge in [-0.3, -0.25) is 14.2 Å². The average Bonchev–Trinajstić information content (AvgIpc) is 3.03. The van der Waals surface area contributed by atoms with Gasteiger partial charge in [0.25, 0.3) is 0 Å². The van der Waals surface area contributed by atoms with Crippen LogP contribution in [0.25, 0.3) is 5.65 Å². The van der Waals surface area contributed by atoms with E-state index in [-0.39, 0.29) is 43.0 Å². The molecule has 0 aliphatic carbocycles. The zero-order valence-corrected chi connectivity index (χ0v) is 15.5. The lowest BCUT2D eigenvalue weighted by Crippen LogP contribution is -2.49. The Morgan fingerprint density at radius 2 is 2.15 bits per heavy atom. The van der Waals surface area contributed by atoms with E-state index in [4.69, 9.17) is 0 Å². The number of aryl methyl sites for hydroxylation is 1. The van der Waals surface area contributed by atoms with Crippen LogP contribution in [0.3, 0.4) is 0 Å². The van der Waals surface area contributed by atoms with E-state index in [0.717, 1.165) is 12.1 Å². The quantitative estimate of drug-likeness (QED) is 0.717. The van der Waals surface area contributed by atoms with Crippen molar-refractivity contribution in [1.82, 2.24) is 29.4 Å². The molecule has 4 heterocycles. The third-order valence-corrected chi connectivity index (χ3v) is 4.66. The van der Waals surface area contributed by atoms with E-state index in [0.29, 0.717) is 18.7 Å². The zero-order chi connectivity index (χ0) is 17.9. The molecule has 1 amide bonds. The van der Waals surface area contributed by atoms with Crippen molar-refractivity contribution in [1.29, 1.82) is 0 Å². The fourth-order valence-electron chi connectivity index (χ4n) is 3.33. The van der Waals surface area contributed by atoms with Crippen LogP contribution in [0.2, 0.25) is 0 Å². The fraction of sp³-hybridized carbons (Fsp3) is 0.333. The number of halogens is 1. The summed E-state index contributed by atoms with van der Waals surface area (Å²) in [5.41, 5.74) is 1.37. The highest BCUT2D eigenvalue weighted by Gasteiger charge is 2.27. The number of nitrogens with one attached hydrogen (secondary N) is 1. The summed E-state index contributed by atoms with van der Waals surface area (Å²) in [6.45, 7) is 2.37. The van der Waals surface area contributed by atoms with Gasteiger partial charge in [-0.1, -0.05) is 12.1 Å². The molecule has 4 rings (SSSR count). The molecule has 1 N–H and O–H groups in total. The molecule has 27 heavy (non-hydrogen) atoms. The molecular weight excluding hydrogens is 368 g/mol.